The van der Waals surface area contributed by atoms with Crippen molar-refractivity contribution in [1.82, 2.24) is 0 Å². The SMILES string of the molecule is CC(C)=NO[C@]1(c2ccccc2)OC(=N)[C@]2(C#N)C(C#N)(C#N)[C@]12C. The summed E-state index contributed by atoms with van der Waals surface area (Å²) in [7, 11) is 0. The number of hydrogen-bond donors (Lipinski definition) is 1. The number of oxime groups is 1. The van der Waals surface area contributed by atoms with Gasteiger partial charge in [-0.1, -0.05) is 35.5 Å². The highest BCUT2D eigenvalue weighted by atomic mass is 16.8. The van der Waals surface area contributed by atoms with E-state index in [4.69, 9.17) is 15.0 Å². The third kappa shape index (κ3) is 1.44. The monoisotopic (exact) mass is 333 g/mol. The van der Waals surface area contributed by atoms with Crippen LogP contribution in [0.1, 0.15) is 26.3 Å². The zero-order valence-electron chi connectivity index (χ0n) is 14.0. The van der Waals surface area contributed by atoms with Crippen LogP contribution < -0.4 is 0 Å². The van der Waals surface area contributed by atoms with Gasteiger partial charge in [-0.15, -0.1) is 0 Å². The Kier molecular flexibility index (Phi) is 3.18. The van der Waals surface area contributed by atoms with Crippen LogP contribution in [0.5, 0.6) is 0 Å². The standard InChI is InChI=1S/C18H15N5O2/c1-12(2)23-25-18(13-7-5-4-6-8-13)15(3)16(9-19,10-20)17(15,11-21)14(22)24-18/h4-8,22H,1-3H3/t15-,17-,18-/m0/s1. The van der Waals surface area contributed by atoms with Crippen LogP contribution in [-0.2, 0) is 15.4 Å². The van der Waals surface area contributed by atoms with E-state index in [-0.39, 0.29) is 0 Å². The fraction of sp³-hybridized carbons (Fsp3) is 0.389. The summed E-state index contributed by atoms with van der Waals surface area (Å²) in [6, 6.07) is 14.6. The van der Waals surface area contributed by atoms with Gasteiger partial charge in [-0.05, 0) is 20.8 Å². The Labute approximate surface area is 145 Å². The van der Waals surface area contributed by atoms with Crippen LogP contribution in [0.15, 0.2) is 35.5 Å². The summed E-state index contributed by atoms with van der Waals surface area (Å²) >= 11 is 0. The van der Waals surface area contributed by atoms with Crippen molar-refractivity contribution in [3.63, 3.8) is 0 Å². The average molecular weight is 333 g/mol. The van der Waals surface area contributed by atoms with E-state index in [1.165, 1.54) is 0 Å². The van der Waals surface area contributed by atoms with E-state index in [1.54, 1.807) is 51.1 Å². The van der Waals surface area contributed by atoms with Gasteiger partial charge in [0.25, 0.3) is 0 Å². The lowest BCUT2D eigenvalue weighted by Gasteiger charge is -2.34. The second kappa shape index (κ2) is 4.82. The molecule has 1 N–H and O–H groups in total. The van der Waals surface area contributed by atoms with E-state index in [1.807, 2.05) is 18.2 Å². The first-order chi connectivity index (χ1) is 11.8. The molecule has 0 aromatic heterocycles. The minimum absolute atomic E-state index is 0.451. The highest BCUT2D eigenvalue weighted by molar-refractivity contribution is 5.96. The maximum atomic E-state index is 9.79. The van der Waals surface area contributed by atoms with Crippen LogP contribution in [-0.4, -0.2) is 11.6 Å². The Hall–Kier alpha value is -3.37. The van der Waals surface area contributed by atoms with Gasteiger partial charge in [-0.2, -0.15) is 15.8 Å². The molecule has 0 amide bonds. The molecule has 0 unspecified atom stereocenters. The second-order valence-electron chi connectivity index (χ2n) is 6.50. The van der Waals surface area contributed by atoms with Gasteiger partial charge in [0, 0.05) is 5.56 Å². The molecular formula is C18H15N5O2. The molecule has 1 aliphatic carbocycles. The van der Waals surface area contributed by atoms with Crippen molar-refractivity contribution in [2.75, 3.05) is 0 Å². The van der Waals surface area contributed by atoms with Crippen LogP contribution in [0, 0.1) is 55.6 Å². The van der Waals surface area contributed by atoms with Crippen molar-refractivity contribution in [1.29, 1.82) is 21.2 Å². The number of nitrogens with zero attached hydrogens (tertiary/aromatic N) is 4. The van der Waals surface area contributed by atoms with Crippen LogP contribution in [0.3, 0.4) is 0 Å². The van der Waals surface area contributed by atoms with Crippen LogP contribution in [0.4, 0.5) is 0 Å². The van der Waals surface area contributed by atoms with Crippen molar-refractivity contribution in [3.8, 4) is 18.2 Å². The van der Waals surface area contributed by atoms with Crippen molar-refractivity contribution in [2.45, 2.75) is 26.6 Å². The van der Waals surface area contributed by atoms with Crippen molar-refractivity contribution in [2.24, 2.45) is 21.4 Å². The van der Waals surface area contributed by atoms with Gasteiger partial charge in [0.1, 0.15) is 5.41 Å². The Morgan fingerprint density at radius 3 is 2.16 bits per heavy atom. The van der Waals surface area contributed by atoms with Crippen molar-refractivity contribution < 1.29 is 9.57 Å². The Morgan fingerprint density at radius 1 is 1.12 bits per heavy atom. The molecule has 0 spiro atoms. The number of rotatable bonds is 3. The van der Waals surface area contributed by atoms with Gasteiger partial charge in [0.15, 0.2) is 10.8 Å². The smallest absolute Gasteiger partial charge is 0.313 e. The number of hydrogen-bond acceptors (Lipinski definition) is 7. The van der Waals surface area contributed by atoms with E-state index in [0.717, 1.165) is 0 Å². The highest BCUT2D eigenvalue weighted by Gasteiger charge is 3.03. The summed E-state index contributed by atoms with van der Waals surface area (Å²) in [5.41, 5.74) is -3.82. The molecule has 2 fully saturated rings. The summed E-state index contributed by atoms with van der Waals surface area (Å²) in [4.78, 5) is 5.72. The van der Waals surface area contributed by atoms with Crippen molar-refractivity contribution >= 4 is 11.6 Å². The average Bonchev–Trinajstić information content (AvgIpc) is 3.05. The van der Waals surface area contributed by atoms with E-state index >= 15 is 0 Å². The van der Waals surface area contributed by atoms with Gasteiger partial charge in [0.05, 0.1) is 23.9 Å². The van der Waals surface area contributed by atoms with Crippen molar-refractivity contribution in [3.05, 3.63) is 35.9 Å². The molecule has 7 heteroatoms. The molecule has 3 rings (SSSR count). The van der Waals surface area contributed by atoms with E-state index in [2.05, 4.69) is 5.16 Å². The van der Waals surface area contributed by atoms with E-state index < -0.39 is 27.9 Å². The van der Waals surface area contributed by atoms with Crippen LogP contribution >= 0.6 is 0 Å². The quantitative estimate of drug-likeness (QED) is 0.672. The molecule has 25 heavy (non-hydrogen) atoms. The number of benzene rings is 1. The van der Waals surface area contributed by atoms with E-state index in [9.17, 15) is 15.8 Å². The molecular weight excluding hydrogens is 318 g/mol. The molecule has 1 saturated carbocycles. The predicted molar refractivity (Wildman–Crippen MR) is 86.6 cm³/mol. The number of nitriles is 3. The molecule has 0 radical (unpaired) electrons. The van der Waals surface area contributed by atoms with Gasteiger partial charge in [-0.3, -0.25) is 5.41 Å². The van der Waals surface area contributed by atoms with Gasteiger partial charge >= 0.3 is 5.79 Å². The molecule has 2 aliphatic rings. The zero-order chi connectivity index (χ0) is 18.5. The molecule has 1 aliphatic heterocycles. The minimum Gasteiger partial charge on any atom is -0.431 e. The fourth-order valence-corrected chi connectivity index (χ4v) is 3.92. The van der Waals surface area contributed by atoms with Gasteiger partial charge in [-0.25, -0.2) is 0 Å². The first-order valence-electron chi connectivity index (χ1n) is 7.60. The maximum Gasteiger partial charge on any atom is 0.313 e. The largest absolute Gasteiger partial charge is 0.431 e. The summed E-state index contributed by atoms with van der Waals surface area (Å²) < 4.78 is 5.73. The lowest BCUT2D eigenvalue weighted by atomic mass is 9.83. The Bertz CT molecular complexity index is 902. The highest BCUT2D eigenvalue weighted by Crippen LogP contribution is 2.87. The minimum atomic E-state index is -1.77. The van der Waals surface area contributed by atoms with Crippen LogP contribution in [0.2, 0.25) is 0 Å². The molecule has 1 heterocycles. The summed E-state index contributed by atoms with van der Waals surface area (Å²) in [6.07, 6.45) is 0. The number of fused-ring (bicyclic) bond motifs is 1. The molecule has 1 aromatic rings. The van der Waals surface area contributed by atoms with Gasteiger partial charge in [0.2, 0.25) is 5.90 Å². The fourth-order valence-electron chi connectivity index (χ4n) is 3.92. The third-order valence-electron chi connectivity index (χ3n) is 5.26. The molecule has 0 bridgehead atoms. The normalized spacial score (nSPS) is 33.7. The Morgan fingerprint density at radius 2 is 1.72 bits per heavy atom. The zero-order valence-corrected chi connectivity index (χ0v) is 14.0. The van der Waals surface area contributed by atoms with Crippen LogP contribution in [0.25, 0.3) is 0 Å². The lowest BCUT2D eigenvalue weighted by Crippen LogP contribution is -2.41. The van der Waals surface area contributed by atoms with Gasteiger partial charge < -0.3 is 9.57 Å². The number of ether oxygens (including phenoxy) is 1. The summed E-state index contributed by atoms with van der Waals surface area (Å²) in [5.74, 6) is -2.17. The molecule has 124 valence electrons. The number of nitrogens with one attached hydrogen (secondary N) is 1. The first kappa shape index (κ1) is 16.5. The predicted octanol–water partition coefficient (Wildman–Crippen LogP) is 2.82. The molecule has 1 aromatic carbocycles. The molecule has 7 nitrogen and oxygen atoms in total. The molecule has 3 atom stereocenters. The summed E-state index contributed by atoms with van der Waals surface area (Å²) in [6.45, 7) is 5.00. The first-order valence-corrected chi connectivity index (χ1v) is 7.60. The summed E-state index contributed by atoms with van der Waals surface area (Å²) in [5, 5.41) is 41.5. The maximum absolute atomic E-state index is 9.79. The topological polar surface area (TPSA) is 126 Å². The molecule has 1 saturated heterocycles. The van der Waals surface area contributed by atoms with E-state index in [0.29, 0.717) is 11.3 Å². The second-order valence-corrected chi connectivity index (χ2v) is 6.50. The Balaban J connectivity index is 2.34. The lowest BCUT2D eigenvalue weighted by molar-refractivity contribution is -0.236. The third-order valence-corrected chi connectivity index (χ3v) is 5.26.